The molecule has 3 aromatic rings. The van der Waals surface area contributed by atoms with Gasteiger partial charge in [-0.15, -0.1) is 0 Å². The summed E-state index contributed by atoms with van der Waals surface area (Å²) in [6.07, 6.45) is 8.43. The lowest BCUT2D eigenvalue weighted by Crippen LogP contribution is -2.20. The van der Waals surface area contributed by atoms with Gasteiger partial charge in [-0.2, -0.15) is 0 Å². The van der Waals surface area contributed by atoms with Gasteiger partial charge in [-0.3, -0.25) is 14.6 Å². The van der Waals surface area contributed by atoms with Crippen molar-refractivity contribution in [2.75, 3.05) is 10.6 Å². The van der Waals surface area contributed by atoms with Crippen molar-refractivity contribution in [3.63, 3.8) is 0 Å². The Balaban J connectivity index is 1.31. The molecule has 0 spiro atoms. The maximum atomic E-state index is 12.0. The molecule has 6 heteroatoms. The summed E-state index contributed by atoms with van der Waals surface area (Å²) in [7, 11) is 0. The Kier molecular flexibility index (Phi) is 5.61. The Bertz CT molecular complexity index is 1020. The number of rotatable bonds is 6. The van der Waals surface area contributed by atoms with Gasteiger partial charge in [-0.1, -0.05) is 24.3 Å². The van der Waals surface area contributed by atoms with Crippen LogP contribution in [-0.2, 0) is 22.4 Å². The lowest BCUT2D eigenvalue weighted by molar-refractivity contribution is -0.117. The molecule has 4 rings (SSSR count). The molecule has 0 unspecified atom stereocenters. The van der Waals surface area contributed by atoms with E-state index in [-0.39, 0.29) is 11.8 Å². The number of pyridine rings is 2. The molecule has 0 aliphatic carbocycles. The molecule has 0 fully saturated rings. The highest BCUT2D eigenvalue weighted by Gasteiger charge is 2.16. The van der Waals surface area contributed by atoms with E-state index in [4.69, 9.17) is 0 Å². The summed E-state index contributed by atoms with van der Waals surface area (Å²) in [5, 5.41) is 5.66. The first kappa shape index (κ1) is 18.8. The summed E-state index contributed by atoms with van der Waals surface area (Å²) in [6, 6.07) is 14.1. The van der Waals surface area contributed by atoms with Crippen LogP contribution in [0.4, 0.5) is 11.5 Å². The third-order valence-corrected chi connectivity index (χ3v) is 4.95. The molecule has 0 saturated heterocycles. The quantitative estimate of drug-likeness (QED) is 0.671. The van der Waals surface area contributed by atoms with Crippen LogP contribution in [0.3, 0.4) is 0 Å². The third kappa shape index (κ3) is 4.85. The average Bonchev–Trinajstić information content (AvgIpc) is 2.74. The van der Waals surface area contributed by atoms with Gasteiger partial charge in [-0.25, -0.2) is 4.98 Å². The van der Waals surface area contributed by atoms with Crippen molar-refractivity contribution in [1.82, 2.24) is 9.97 Å². The molecule has 1 aromatic carbocycles. The number of aromatic nitrogens is 2. The zero-order chi connectivity index (χ0) is 20.1. The van der Waals surface area contributed by atoms with E-state index < -0.39 is 0 Å². The van der Waals surface area contributed by atoms with Crippen LogP contribution >= 0.6 is 0 Å². The first-order valence-corrected chi connectivity index (χ1v) is 9.75. The molecular formula is C23H22N4O2. The van der Waals surface area contributed by atoms with Crippen LogP contribution < -0.4 is 10.6 Å². The Morgan fingerprint density at radius 1 is 1.07 bits per heavy atom. The standard InChI is InChI=1S/C23H22N4O2/c28-21(26-20-4-2-12-24-15-20)5-1-3-16-6-8-17(9-7-16)19-13-18-10-11-22(29)27-23(18)25-14-19/h2,4,6-9,12-15H,1,3,5,10-11H2,(H,26,28)(H,25,27,29). The van der Waals surface area contributed by atoms with Crippen LogP contribution in [0.1, 0.15) is 30.4 Å². The van der Waals surface area contributed by atoms with Crippen molar-refractivity contribution in [2.24, 2.45) is 0 Å². The number of hydrogen-bond acceptors (Lipinski definition) is 4. The lowest BCUT2D eigenvalue weighted by Gasteiger charge is -2.16. The van der Waals surface area contributed by atoms with E-state index in [0.717, 1.165) is 41.6 Å². The van der Waals surface area contributed by atoms with Crippen LogP contribution in [0.2, 0.25) is 0 Å². The summed E-state index contributed by atoms with van der Waals surface area (Å²) in [5.74, 6) is 0.698. The van der Waals surface area contributed by atoms with Crippen molar-refractivity contribution in [1.29, 1.82) is 0 Å². The molecule has 1 aliphatic heterocycles. The fourth-order valence-electron chi connectivity index (χ4n) is 3.39. The van der Waals surface area contributed by atoms with E-state index in [9.17, 15) is 9.59 Å². The summed E-state index contributed by atoms with van der Waals surface area (Å²) >= 11 is 0. The Morgan fingerprint density at radius 2 is 1.93 bits per heavy atom. The smallest absolute Gasteiger partial charge is 0.225 e. The van der Waals surface area contributed by atoms with Crippen LogP contribution in [-0.4, -0.2) is 21.8 Å². The predicted molar refractivity (Wildman–Crippen MR) is 112 cm³/mol. The van der Waals surface area contributed by atoms with Crippen LogP contribution in [0.15, 0.2) is 61.1 Å². The topological polar surface area (TPSA) is 84.0 Å². The second-order valence-electron chi connectivity index (χ2n) is 7.12. The molecule has 2 amide bonds. The number of benzene rings is 1. The molecular weight excluding hydrogens is 364 g/mol. The van der Waals surface area contributed by atoms with Gasteiger partial charge in [0.2, 0.25) is 11.8 Å². The molecule has 0 atom stereocenters. The molecule has 1 aliphatic rings. The SMILES string of the molecule is O=C(CCCc1ccc(-c2cnc3c(c2)CCC(=O)N3)cc1)Nc1cccnc1. The maximum Gasteiger partial charge on any atom is 0.225 e. The van der Waals surface area contributed by atoms with Gasteiger partial charge >= 0.3 is 0 Å². The first-order chi connectivity index (χ1) is 14.2. The molecule has 146 valence electrons. The van der Waals surface area contributed by atoms with Gasteiger partial charge in [0.05, 0.1) is 11.9 Å². The Hall–Kier alpha value is -3.54. The summed E-state index contributed by atoms with van der Waals surface area (Å²) in [5.41, 5.74) is 5.13. The molecule has 0 saturated carbocycles. The minimum Gasteiger partial charge on any atom is -0.325 e. The second kappa shape index (κ2) is 8.65. The largest absolute Gasteiger partial charge is 0.325 e. The summed E-state index contributed by atoms with van der Waals surface area (Å²) in [4.78, 5) is 31.8. The van der Waals surface area contributed by atoms with E-state index in [2.05, 4.69) is 50.9 Å². The van der Waals surface area contributed by atoms with Crippen LogP contribution in [0.25, 0.3) is 11.1 Å². The average molecular weight is 386 g/mol. The molecule has 6 nitrogen and oxygen atoms in total. The van der Waals surface area contributed by atoms with E-state index in [1.54, 1.807) is 24.7 Å². The molecule has 3 heterocycles. The van der Waals surface area contributed by atoms with E-state index >= 15 is 0 Å². The van der Waals surface area contributed by atoms with Crippen molar-refractivity contribution in [3.05, 3.63) is 72.2 Å². The normalized spacial score (nSPS) is 12.8. The zero-order valence-corrected chi connectivity index (χ0v) is 16.0. The van der Waals surface area contributed by atoms with Gasteiger partial charge in [0.15, 0.2) is 0 Å². The van der Waals surface area contributed by atoms with Crippen molar-refractivity contribution >= 4 is 23.3 Å². The second-order valence-corrected chi connectivity index (χ2v) is 7.12. The van der Waals surface area contributed by atoms with E-state index in [1.807, 2.05) is 6.07 Å². The Labute approximate surface area is 169 Å². The number of fused-ring (bicyclic) bond motifs is 1. The van der Waals surface area contributed by atoms with E-state index in [0.29, 0.717) is 18.7 Å². The molecule has 2 aromatic heterocycles. The predicted octanol–water partition coefficient (Wildman–Crippen LogP) is 3.99. The Morgan fingerprint density at radius 3 is 2.72 bits per heavy atom. The zero-order valence-electron chi connectivity index (χ0n) is 16.0. The van der Waals surface area contributed by atoms with Crippen molar-refractivity contribution in [2.45, 2.75) is 32.1 Å². The van der Waals surface area contributed by atoms with Crippen molar-refractivity contribution < 1.29 is 9.59 Å². The van der Waals surface area contributed by atoms with Gasteiger partial charge in [0.25, 0.3) is 0 Å². The van der Waals surface area contributed by atoms with Crippen LogP contribution in [0, 0.1) is 0 Å². The van der Waals surface area contributed by atoms with Crippen LogP contribution in [0.5, 0.6) is 0 Å². The minimum atomic E-state index is 0.00171. The third-order valence-electron chi connectivity index (χ3n) is 4.95. The number of carbonyl (C=O) groups excluding carboxylic acids is 2. The number of nitrogens with one attached hydrogen (secondary N) is 2. The first-order valence-electron chi connectivity index (χ1n) is 9.75. The summed E-state index contributed by atoms with van der Waals surface area (Å²) < 4.78 is 0. The highest BCUT2D eigenvalue weighted by molar-refractivity contribution is 5.93. The highest BCUT2D eigenvalue weighted by Crippen LogP contribution is 2.27. The lowest BCUT2D eigenvalue weighted by atomic mass is 9.99. The minimum absolute atomic E-state index is 0.00171. The number of hydrogen-bond donors (Lipinski definition) is 2. The molecule has 29 heavy (non-hydrogen) atoms. The molecule has 0 radical (unpaired) electrons. The van der Waals surface area contributed by atoms with Gasteiger partial charge in [0.1, 0.15) is 5.82 Å². The van der Waals surface area contributed by atoms with E-state index in [1.165, 1.54) is 5.56 Å². The molecule has 0 bridgehead atoms. The number of nitrogens with zero attached hydrogens (tertiary/aromatic N) is 2. The van der Waals surface area contributed by atoms with Gasteiger partial charge in [-0.05, 0) is 54.2 Å². The monoisotopic (exact) mass is 386 g/mol. The highest BCUT2D eigenvalue weighted by atomic mass is 16.2. The number of anilines is 2. The van der Waals surface area contributed by atoms with Gasteiger partial charge in [0, 0.05) is 30.8 Å². The number of amides is 2. The fraction of sp³-hybridized carbons (Fsp3) is 0.217. The maximum absolute atomic E-state index is 12.0. The van der Waals surface area contributed by atoms with Gasteiger partial charge < -0.3 is 10.6 Å². The number of carbonyl (C=O) groups is 2. The molecule has 2 N–H and O–H groups in total. The summed E-state index contributed by atoms with van der Waals surface area (Å²) in [6.45, 7) is 0. The van der Waals surface area contributed by atoms with Crippen molar-refractivity contribution in [3.8, 4) is 11.1 Å². The fourth-order valence-corrected chi connectivity index (χ4v) is 3.39. The number of aryl methyl sites for hydroxylation is 2.